The van der Waals surface area contributed by atoms with Crippen molar-refractivity contribution < 1.29 is 4.92 Å². The molecule has 0 saturated heterocycles. The summed E-state index contributed by atoms with van der Waals surface area (Å²) in [5, 5.41) is 13.9. The van der Waals surface area contributed by atoms with Crippen LogP contribution in [0.25, 0.3) is 0 Å². The molecule has 1 N–H and O–H groups in total. The van der Waals surface area contributed by atoms with Gasteiger partial charge in [0.25, 0.3) is 5.69 Å². The van der Waals surface area contributed by atoms with E-state index < -0.39 is 4.92 Å². The largest absolute Gasteiger partial charge is 0.349 e. The molecule has 0 spiro atoms. The molecule has 2 aromatic rings. The lowest BCUT2D eigenvalue weighted by atomic mass is 10.2. The first-order chi connectivity index (χ1) is 8.56. The molecule has 0 bridgehead atoms. The zero-order chi connectivity index (χ0) is 13.1. The summed E-state index contributed by atoms with van der Waals surface area (Å²) in [5.41, 5.74) is 2.07. The predicted molar refractivity (Wildman–Crippen MR) is 73.1 cm³/mol. The van der Waals surface area contributed by atoms with E-state index in [1.54, 1.807) is 18.3 Å². The van der Waals surface area contributed by atoms with Crippen molar-refractivity contribution in [3.05, 3.63) is 56.8 Å². The number of hydrogen-bond donors (Lipinski definition) is 1. The number of nitro benzene ring substituents is 1. The van der Waals surface area contributed by atoms with Crippen LogP contribution >= 0.6 is 15.9 Å². The van der Waals surface area contributed by atoms with Crippen LogP contribution in [0.2, 0.25) is 0 Å². The molecule has 2 rings (SSSR count). The molecule has 0 radical (unpaired) electrons. The van der Waals surface area contributed by atoms with E-state index in [9.17, 15) is 10.1 Å². The maximum atomic E-state index is 10.9. The number of rotatable bonds is 3. The molecule has 0 aliphatic carbocycles. The first-order valence-corrected chi connectivity index (χ1v) is 5.99. The number of nitrogens with zero attached hydrogens (tertiary/aromatic N) is 2. The molecule has 0 atom stereocenters. The van der Waals surface area contributed by atoms with Crippen LogP contribution in [0.1, 0.15) is 5.69 Å². The van der Waals surface area contributed by atoms with E-state index in [4.69, 9.17) is 0 Å². The fourth-order valence-electron chi connectivity index (χ4n) is 1.46. The second-order valence-electron chi connectivity index (χ2n) is 3.73. The smallest absolute Gasteiger partial charge is 0.293 e. The minimum absolute atomic E-state index is 0.0185. The monoisotopic (exact) mass is 307 g/mol. The standard InChI is InChI=1S/C12H10BrN3O2/c1-8-2-4-10(7-14-8)15-11-5-3-9(13)6-12(11)16(17)18/h2-7,15H,1H3. The number of benzene rings is 1. The Labute approximate surface area is 112 Å². The number of aromatic nitrogens is 1. The number of nitrogens with one attached hydrogen (secondary N) is 1. The number of anilines is 2. The third-order valence-corrected chi connectivity index (χ3v) is 2.84. The molecule has 0 aliphatic rings. The molecule has 0 aliphatic heterocycles. The molecule has 0 fully saturated rings. The molecule has 0 saturated carbocycles. The molecule has 18 heavy (non-hydrogen) atoms. The van der Waals surface area contributed by atoms with Crippen molar-refractivity contribution in [3.63, 3.8) is 0 Å². The van der Waals surface area contributed by atoms with Crippen LogP contribution < -0.4 is 5.32 Å². The van der Waals surface area contributed by atoms with Crippen LogP contribution in [-0.2, 0) is 0 Å². The lowest BCUT2D eigenvalue weighted by molar-refractivity contribution is -0.384. The zero-order valence-electron chi connectivity index (χ0n) is 9.55. The quantitative estimate of drug-likeness (QED) is 0.691. The Morgan fingerprint density at radius 2 is 2.11 bits per heavy atom. The second kappa shape index (κ2) is 5.14. The van der Waals surface area contributed by atoms with E-state index in [0.717, 1.165) is 5.69 Å². The van der Waals surface area contributed by atoms with Crippen LogP contribution in [0, 0.1) is 17.0 Å². The van der Waals surface area contributed by atoms with E-state index >= 15 is 0 Å². The normalized spacial score (nSPS) is 10.1. The summed E-state index contributed by atoms with van der Waals surface area (Å²) in [6, 6.07) is 8.53. The van der Waals surface area contributed by atoms with E-state index in [0.29, 0.717) is 15.8 Å². The highest BCUT2D eigenvalue weighted by atomic mass is 79.9. The van der Waals surface area contributed by atoms with Gasteiger partial charge in [0.1, 0.15) is 5.69 Å². The van der Waals surface area contributed by atoms with Crippen LogP contribution in [0.4, 0.5) is 17.1 Å². The molecule has 6 heteroatoms. The van der Waals surface area contributed by atoms with Gasteiger partial charge in [-0.05, 0) is 31.2 Å². The lowest BCUT2D eigenvalue weighted by Crippen LogP contribution is -1.97. The van der Waals surface area contributed by atoms with Crippen LogP contribution in [0.3, 0.4) is 0 Å². The van der Waals surface area contributed by atoms with Gasteiger partial charge in [-0.25, -0.2) is 0 Å². The first kappa shape index (κ1) is 12.5. The molecule has 1 aromatic heterocycles. The van der Waals surface area contributed by atoms with Crippen molar-refractivity contribution in [1.82, 2.24) is 4.98 Å². The number of nitro groups is 1. The highest BCUT2D eigenvalue weighted by Gasteiger charge is 2.14. The number of hydrogen-bond acceptors (Lipinski definition) is 4. The summed E-state index contributed by atoms with van der Waals surface area (Å²) in [6.45, 7) is 1.88. The Bertz CT molecular complexity index is 584. The van der Waals surface area contributed by atoms with Crippen molar-refractivity contribution in [2.75, 3.05) is 5.32 Å². The summed E-state index contributed by atoms with van der Waals surface area (Å²) >= 11 is 3.22. The van der Waals surface area contributed by atoms with Crippen molar-refractivity contribution in [2.24, 2.45) is 0 Å². The molecule has 0 unspecified atom stereocenters. The molecular weight excluding hydrogens is 298 g/mol. The summed E-state index contributed by atoms with van der Waals surface area (Å²) in [7, 11) is 0. The van der Waals surface area contributed by atoms with Gasteiger partial charge < -0.3 is 5.32 Å². The van der Waals surface area contributed by atoms with E-state index in [1.165, 1.54) is 6.07 Å². The number of halogens is 1. The van der Waals surface area contributed by atoms with Crippen molar-refractivity contribution in [3.8, 4) is 0 Å². The van der Waals surface area contributed by atoms with Gasteiger partial charge in [0.15, 0.2) is 0 Å². The summed E-state index contributed by atoms with van der Waals surface area (Å²) in [6.07, 6.45) is 1.64. The number of pyridine rings is 1. The van der Waals surface area contributed by atoms with Gasteiger partial charge >= 0.3 is 0 Å². The average molecular weight is 308 g/mol. The fourth-order valence-corrected chi connectivity index (χ4v) is 1.81. The molecule has 1 aromatic carbocycles. The maximum Gasteiger partial charge on any atom is 0.293 e. The van der Waals surface area contributed by atoms with Gasteiger partial charge in [-0.3, -0.25) is 15.1 Å². The predicted octanol–water partition coefficient (Wildman–Crippen LogP) is 3.80. The van der Waals surface area contributed by atoms with Crippen LogP contribution in [0.15, 0.2) is 41.0 Å². The van der Waals surface area contributed by atoms with E-state index in [-0.39, 0.29) is 5.69 Å². The Hall–Kier alpha value is -1.95. The molecule has 0 amide bonds. The zero-order valence-corrected chi connectivity index (χ0v) is 11.1. The van der Waals surface area contributed by atoms with Gasteiger partial charge in [-0.1, -0.05) is 15.9 Å². The van der Waals surface area contributed by atoms with Gasteiger partial charge in [0.2, 0.25) is 0 Å². The topological polar surface area (TPSA) is 68.1 Å². The summed E-state index contributed by atoms with van der Waals surface area (Å²) in [4.78, 5) is 14.7. The summed E-state index contributed by atoms with van der Waals surface area (Å²) in [5.74, 6) is 0. The SMILES string of the molecule is Cc1ccc(Nc2ccc(Br)cc2[N+](=O)[O-])cn1. The fraction of sp³-hybridized carbons (Fsp3) is 0.0833. The van der Waals surface area contributed by atoms with Crippen molar-refractivity contribution in [2.45, 2.75) is 6.92 Å². The van der Waals surface area contributed by atoms with E-state index in [1.807, 2.05) is 19.1 Å². The van der Waals surface area contributed by atoms with Gasteiger partial charge in [0, 0.05) is 16.2 Å². The Kier molecular flexibility index (Phi) is 3.57. The Morgan fingerprint density at radius 3 is 2.72 bits per heavy atom. The van der Waals surface area contributed by atoms with Gasteiger partial charge in [-0.15, -0.1) is 0 Å². The molecular formula is C12H10BrN3O2. The maximum absolute atomic E-state index is 10.9. The van der Waals surface area contributed by atoms with Crippen molar-refractivity contribution >= 4 is 33.0 Å². The number of aryl methyl sites for hydroxylation is 1. The second-order valence-corrected chi connectivity index (χ2v) is 4.65. The molecule has 1 heterocycles. The minimum Gasteiger partial charge on any atom is -0.349 e. The lowest BCUT2D eigenvalue weighted by Gasteiger charge is -2.07. The van der Waals surface area contributed by atoms with Gasteiger partial charge in [0.05, 0.1) is 16.8 Å². The average Bonchev–Trinajstić information content (AvgIpc) is 2.34. The van der Waals surface area contributed by atoms with Gasteiger partial charge in [-0.2, -0.15) is 0 Å². The third-order valence-electron chi connectivity index (χ3n) is 2.35. The molecule has 5 nitrogen and oxygen atoms in total. The molecule has 92 valence electrons. The van der Waals surface area contributed by atoms with E-state index in [2.05, 4.69) is 26.2 Å². The Balaban J connectivity index is 2.34. The third kappa shape index (κ3) is 2.84. The first-order valence-electron chi connectivity index (χ1n) is 5.20. The minimum atomic E-state index is -0.422. The van der Waals surface area contributed by atoms with Crippen LogP contribution in [-0.4, -0.2) is 9.91 Å². The van der Waals surface area contributed by atoms with Crippen molar-refractivity contribution in [1.29, 1.82) is 0 Å². The van der Waals surface area contributed by atoms with Crippen LogP contribution in [0.5, 0.6) is 0 Å². The highest BCUT2D eigenvalue weighted by Crippen LogP contribution is 2.30. The highest BCUT2D eigenvalue weighted by molar-refractivity contribution is 9.10. The Morgan fingerprint density at radius 1 is 1.33 bits per heavy atom. The summed E-state index contributed by atoms with van der Waals surface area (Å²) < 4.78 is 0.668.